The minimum absolute atomic E-state index is 0.248. The Bertz CT molecular complexity index is 959. The van der Waals surface area contributed by atoms with Gasteiger partial charge in [0.05, 0.1) is 12.0 Å². The Balaban J connectivity index is 1.76. The molecular formula is C20H22N2O3S. The van der Waals surface area contributed by atoms with Gasteiger partial charge < -0.3 is 9.72 Å². The van der Waals surface area contributed by atoms with Crippen molar-refractivity contribution in [3.63, 3.8) is 0 Å². The van der Waals surface area contributed by atoms with Gasteiger partial charge in [-0.2, -0.15) is 0 Å². The predicted octanol–water partition coefficient (Wildman–Crippen LogP) is 4.44. The first-order chi connectivity index (χ1) is 12.5. The maximum atomic E-state index is 12.6. The van der Waals surface area contributed by atoms with Crippen LogP contribution < -0.4 is 9.46 Å². The fourth-order valence-electron chi connectivity index (χ4n) is 2.73. The van der Waals surface area contributed by atoms with Crippen LogP contribution in [0.4, 0.5) is 5.82 Å². The summed E-state index contributed by atoms with van der Waals surface area (Å²) in [7, 11) is -2.01. The van der Waals surface area contributed by atoms with Crippen LogP contribution in [0.15, 0.2) is 65.7 Å². The summed E-state index contributed by atoms with van der Waals surface area (Å²) in [6.07, 6.45) is 3.74. The summed E-state index contributed by atoms with van der Waals surface area (Å²) in [5.74, 6) is 1.20. The van der Waals surface area contributed by atoms with Crippen molar-refractivity contribution in [3.05, 3.63) is 66.4 Å². The molecule has 3 rings (SSSR count). The zero-order chi connectivity index (χ0) is 18.6. The molecule has 0 aliphatic heterocycles. The summed E-state index contributed by atoms with van der Waals surface area (Å²) < 4.78 is 32.8. The minimum atomic E-state index is -3.63. The lowest BCUT2D eigenvalue weighted by Gasteiger charge is -2.07. The molecule has 3 aromatic rings. The lowest BCUT2D eigenvalue weighted by molar-refractivity contribution is 0.415. The Morgan fingerprint density at radius 2 is 1.69 bits per heavy atom. The molecule has 0 spiro atoms. The maximum Gasteiger partial charge on any atom is 0.262 e. The third kappa shape index (κ3) is 4.08. The van der Waals surface area contributed by atoms with E-state index in [0.29, 0.717) is 5.82 Å². The number of aromatic nitrogens is 1. The van der Waals surface area contributed by atoms with E-state index < -0.39 is 10.0 Å². The van der Waals surface area contributed by atoms with Gasteiger partial charge in [-0.15, -0.1) is 0 Å². The Hall–Kier alpha value is -2.73. The first-order valence-corrected chi connectivity index (χ1v) is 9.95. The van der Waals surface area contributed by atoms with E-state index in [-0.39, 0.29) is 4.90 Å². The molecule has 0 aliphatic carbocycles. The molecule has 2 N–H and O–H groups in total. The van der Waals surface area contributed by atoms with Crippen molar-refractivity contribution in [2.45, 2.75) is 24.7 Å². The van der Waals surface area contributed by atoms with Crippen LogP contribution in [-0.2, 0) is 16.4 Å². The highest BCUT2D eigenvalue weighted by molar-refractivity contribution is 7.92. The molecule has 0 fully saturated rings. The van der Waals surface area contributed by atoms with E-state index in [2.05, 4.69) is 16.6 Å². The predicted molar refractivity (Wildman–Crippen MR) is 104 cm³/mol. The number of rotatable bonds is 7. The Morgan fingerprint density at radius 3 is 2.31 bits per heavy atom. The number of nitrogens with one attached hydrogen (secondary N) is 2. The summed E-state index contributed by atoms with van der Waals surface area (Å²) in [4.78, 5) is 3.22. The van der Waals surface area contributed by atoms with Crippen LogP contribution in [0.1, 0.15) is 18.9 Å². The molecule has 1 heterocycles. The standard InChI is InChI=1S/C20H22N2O3S/c1-3-4-15-5-11-19(12-6-15)26(23,24)22-20-13-17(14-21-20)16-7-9-18(25-2)10-8-16/h5-14,21-22H,3-4H2,1-2H3. The van der Waals surface area contributed by atoms with Crippen LogP contribution in [0.5, 0.6) is 5.75 Å². The number of anilines is 1. The highest BCUT2D eigenvalue weighted by atomic mass is 32.2. The van der Waals surface area contributed by atoms with Crippen LogP contribution in [-0.4, -0.2) is 20.5 Å². The van der Waals surface area contributed by atoms with Gasteiger partial charge in [-0.1, -0.05) is 37.6 Å². The Labute approximate surface area is 154 Å². The van der Waals surface area contributed by atoms with E-state index in [1.54, 1.807) is 31.5 Å². The zero-order valence-electron chi connectivity index (χ0n) is 14.8. The molecule has 136 valence electrons. The van der Waals surface area contributed by atoms with Gasteiger partial charge in [0, 0.05) is 11.8 Å². The molecule has 0 atom stereocenters. The molecule has 0 amide bonds. The quantitative estimate of drug-likeness (QED) is 0.646. The number of ether oxygens (including phenoxy) is 1. The molecule has 5 nitrogen and oxygen atoms in total. The first-order valence-electron chi connectivity index (χ1n) is 8.46. The molecule has 0 saturated carbocycles. The molecule has 0 unspecified atom stereocenters. The molecule has 0 bridgehead atoms. The molecule has 0 saturated heterocycles. The number of aromatic amines is 1. The number of aryl methyl sites for hydroxylation is 1. The monoisotopic (exact) mass is 370 g/mol. The van der Waals surface area contributed by atoms with Crippen LogP contribution >= 0.6 is 0 Å². The average molecular weight is 370 g/mol. The Morgan fingerprint density at radius 1 is 1.00 bits per heavy atom. The van der Waals surface area contributed by atoms with Crippen molar-refractivity contribution >= 4 is 15.8 Å². The normalized spacial score (nSPS) is 11.3. The summed E-state index contributed by atoms with van der Waals surface area (Å²) in [5, 5.41) is 0. The number of hydrogen-bond acceptors (Lipinski definition) is 3. The largest absolute Gasteiger partial charge is 0.497 e. The third-order valence-electron chi connectivity index (χ3n) is 4.12. The molecule has 6 heteroatoms. The van der Waals surface area contributed by atoms with Gasteiger partial charge in [0.15, 0.2) is 0 Å². The van der Waals surface area contributed by atoms with Gasteiger partial charge in [0.1, 0.15) is 11.6 Å². The van der Waals surface area contributed by atoms with E-state index in [1.165, 1.54) is 0 Å². The second-order valence-electron chi connectivity index (χ2n) is 6.03. The minimum Gasteiger partial charge on any atom is -0.497 e. The second-order valence-corrected chi connectivity index (χ2v) is 7.71. The summed E-state index contributed by atoms with van der Waals surface area (Å²) in [6, 6.07) is 16.3. The molecule has 0 aliphatic rings. The zero-order valence-corrected chi connectivity index (χ0v) is 15.6. The number of methoxy groups -OCH3 is 1. The van der Waals surface area contributed by atoms with Crippen molar-refractivity contribution in [1.29, 1.82) is 0 Å². The molecule has 26 heavy (non-hydrogen) atoms. The van der Waals surface area contributed by atoms with Crippen LogP contribution in [0.25, 0.3) is 11.1 Å². The summed E-state index contributed by atoms with van der Waals surface area (Å²) in [5.41, 5.74) is 2.99. The molecule has 2 aromatic carbocycles. The van der Waals surface area contributed by atoms with Crippen molar-refractivity contribution < 1.29 is 13.2 Å². The van der Waals surface area contributed by atoms with E-state index in [9.17, 15) is 8.42 Å². The summed E-state index contributed by atoms with van der Waals surface area (Å²) in [6.45, 7) is 2.10. The Kier molecular flexibility index (Phi) is 5.32. The summed E-state index contributed by atoms with van der Waals surface area (Å²) >= 11 is 0. The number of benzene rings is 2. The van der Waals surface area contributed by atoms with Crippen molar-refractivity contribution in [2.75, 3.05) is 11.8 Å². The van der Waals surface area contributed by atoms with Crippen LogP contribution in [0.2, 0.25) is 0 Å². The van der Waals surface area contributed by atoms with Gasteiger partial charge in [-0.25, -0.2) is 8.42 Å². The lowest BCUT2D eigenvalue weighted by Crippen LogP contribution is -2.13. The van der Waals surface area contributed by atoms with E-state index >= 15 is 0 Å². The fourth-order valence-corrected chi connectivity index (χ4v) is 3.75. The van der Waals surface area contributed by atoms with Gasteiger partial charge in [0.25, 0.3) is 10.0 Å². The van der Waals surface area contributed by atoms with Crippen molar-refractivity contribution in [2.24, 2.45) is 0 Å². The number of sulfonamides is 1. The lowest BCUT2D eigenvalue weighted by atomic mass is 10.1. The third-order valence-corrected chi connectivity index (χ3v) is 5.50. The topological polar surface area (TPSA) is 71.2 Å². The first kappa shape index (κ1) is 18.1. The van der Waals surface area contributed by atoms with Crippen LogP contribution in [0, 0.1) is 0 Å². The van der Waals surface area contributed by atoms with Gasteiger partial charge in [0.2, 0.25) is 0 Å². The van der Waals surface area contributed by atoms with Gasteiger partial charge in [-0.3, -0.25) is 4.72 Å². The number of hydrogen-bond donors (Lipinski definition) is 2. The molecule has 0 radical (unpaired) electrons. The van der Waals surface area contributed by atoms with E-state index in [1.807, 2.05) is 36.4 Å². The van der Waals surface area contributed by atoms with Gasteiger partial charge >= 0.3 is 0 Å². The number of H-pyrrole nitrogens is 1. The van der Waals surface area contributed by atoms with Crippen molar-refractivity contribution in [1.82, 2.24) is 4.98 Å². The average Bonchev–Trinajstić information content (AvgIpc) is 3.10. The van der Waals surface area contributed by atoms with E-state index in [4.69, 9.17) is 4.74 Å². The van der Waals surface area contributed by atoms with E-state index in [0.717, 1.165) is 35.3 Å². The SMILES string of the molecule is CCCc1ccc(S(=O)(=O)Nc2cc(-c3ccc(OC)cc3)c[nH]2)cc1. The maximum absolute atomic E-state index is 12.6. The second kappa shape index (κ2) is 7.66. The highest BCUT2D eigenvalue weighted by Crippen LogP contribution is 2.26. The molecule has 1 aromatic heterocycles. The van der Waals surface area contributed by atoms with Crippen LogP contribution in [0.3, 0.4) is 0 Å². The fraction of sp³-hybridized carbons (Fsp3) is 0.200. The van der Waals surface area contributed by atoms with Crippen molar-refractivity contribution in [3.8, 4) is 16.9 Å². The molecular weight excluding hydrogens is 348 g/mol. The highest BCUT2D eigenvalue weighted by Gasteiger charge is 2.15. The smallest absolute Gasteiger partial charge is 0.262 e. The van der Waals surface area contributed by atoms with Gasteiger partial charge in [-0.05, 0) is 47.9 Å².